The molecule has 0 spiro atoms. The van der Waals surface area contributed by atoms with Gasteiger partial charge in [-0.2, -0.15) is 0 Å². The molecule has 120 valence electrons. The Morgan fingerprint density at radius 1 is 1.22 bits per heavy atom. The van der Waals surface area contributed by atoms with Crippen LogP contribution in [0.3, 0.4) is 0 Å². The van der Waals surface area contributed by atoms with Gasteiger partial charge in [-0.25, -0.2) is 9.67 Å². The van der Waals surface area contributed by atoms with Crippen LogP contribution in [0.1, 0.15) is 41.3 Å². The summed E-state index contributed by atoms with van der Waals surface area (Å²) in [6.45, 7) is 2.62. The number of nitrogens with zero attached hydrogens (tertiary/aromatic N) is 5. The van der Waals surface area contributed by atoms with Crippen LogP contribution in [0.25, 0.3) is 0 Å². The van der Waals surface area contributed by atoms with Crippen LogP contribution in [-0.2, 0) is 37.3 Å². The fraction of sp³-hybridized carbons (Fsp3) is 0.533. The van der Waals surface area contributed by atoms with E-state index in [1.165, 1.54) is 0 Å². The Morgan fingerprint density at radius 2 is 2.04 bits per heavy atom. The van der Waals surface area contributed by atoms with Crippen molar-refractivity contribution in [1.82, 2.24) is 29.9 Å². The molecule has 1 N–H and O–H groups in total. The molecule has 23 heavy (non-hydrogen) atoms. The number of hydrogen-bond donors (Lipinski definition) is 1. The van der Waals surface area contributed by atoms with Crippen molar-refractivity contribution in [2.24, 2.45) is 0 Å². The molecule has 0 saturated carbocycles. The average molecular weight is 314 g/mol. The van der Waals surface area contributed by atoms with Crippen LogP contribution in [0.15, 0.2) is 4.79 Å². The maximum atomic E-state index is 12.6. The first-order valence-electron chi connectivity index (χ1n) is 7.89. The first kappa shape index (κ1) is 14.1. The summed E-state index contributed by atoms with van der Waals surface area (Å²) in [6.07, 6.45) is 4.12. The fourth-order valence-electron chi connectivity index (χ4n) is 3.34. The van der Waals surface area contributed by atoms with Gasteiger partial charge in [-0.1, -0.05) is 5.21 Å². The number of carbonyl (C=O) groups excluding carboxylic acids is 1. The number of carbonyl (C=O) groups is 1. The molecule has 1 amide bonds. The van der Waals surface area contributed by atoms with E-state index >= 15 is 0 Å². The predicted octanol–water partition coefficient (Wildman–Crippen LogP) is 0.0910. The van der Waals surface area contributed by atoms with Crippen molar-refractivity contribution >= 4 is 5.91 Å². The number of hydrogen-bond acceptors (Lipinski definition) is 5. The van der Waals surface area contributed by atoms with Crippen molar-refractivity contribution in [1.29, 1.82) is 0 Å². The maximum absolute atomic E-state index is 12.6. The van der Waals surface area contributed by atoms with E-state index in [4.69, 9.17) is 0 Å². The van der Waals surface area contributed by atoms with E-state index in [0.717, 1.165) is 37.1 Å². The summed E-state index contributed by atoms with van der Waals surface area (Å²) >= 11 is 0. The van der Waals surface area contributed by atoms with E-state index < -0.39 is 0 Å². The molecule has 0 radical (unpaired) electrons. The highest BCUT2D eigenvalue weighted by Gasteiger charge is 2.28. The Labute approximate surface area is 132 Å². The average Bonchev–Trinajstić information content (AvgIpc) is 3.12. The summed E-state index contributed by atoms with van der Waals surface area (Å²) in [7, 11) is 0. The van der Waals surface area contributed by atoms with E-state index in [1.807, 2.05) is 0 Å². The van der Waals surface area contributed by atoms with Crippen LogP contribution in [0.2, 0.25) is 0 Å². The van der Waals surface area contributed by atoms with Gasteiger partial charge in [0.25, 0.3) is 5.56 Å². The molecule has 4 rings (SSSR count). The molecule has 1 aliphatic carbocycles. The molecule has 0 atom stereocenters. The second-order valence-corrected chi connectivity index (χ2v) is 6.17. The smallest absolute Gasteiger partial charge is 0.256 e. The van der Waals surface area contributed by atoms with Gasteiger partial charge in [0, 0.05) is 0 Å². The van der Waals surface area contributed by atoms with Crippen molar-refractivity contribution in [3.05, 3.63) is 38.8 Å². The highest BCUT2D eigenvalue weighted by molar-refractivity contribution is 5.76. The summed E-state index contributed by atoms with van der Waals surface area (Å²) in [5.74, 6) is 0.520. The maximum Gasteiger partial charge on any atom is 0.256 e. The minimum atomic E-state index is -0.152. The highest BCUT2D eigenvalue weighted by atomic mass is 16.2. The van der Waals surface area contributed by atoms with Crippen molar-refractivity contribution in [2.75, 3.05) is 0 Å². The predicted molar refractivity (Wildman–Crippen MR) is 80.5 cm³/mol. The van der Waals surface area contributed by atoms with E-state index in [2.05, 4.69) is 20.3 Å². The molecular formula is C15H18N6O2. The van der Waals surface area contributed by atoms with E-state index in [9.17, 15) is 9.59 Å². The number of amides is 1. The second-order valence-electron chi connectivity index (χ2n) is 6.17. The largest absolute Gasteiger partial charge is 0.331 e. The lowest BCUT2D eigenvalue weighted by atomic mass is 10.0. The van der Waals surface area contributed by atoms with Crippen molar-refractivity contribution in [3.63, 3.8) is 0 Å². The number of fused-ring (bicyclic) bond motifs is 2. The topological polar surface area (TPSA) is 96.8 Å². The lowest BCUT2D eigenvalue weighted by Crippen LogP contribution is -2.30. The number of aromatic amines is 1. The minimum Gasteiger partial charge on any atom is -0.331 e. The fourth-order valence-corrected chi connectivity index (χ4v) is 3.34. The highest BCUT2D eigenvalue weighted by Crippen LogP contribution is 2.21. The Bertz CT molecular complexity index is 837. The van der Waals surface area contributed by atoms with Gasteiger partial charge >= 0.3 is 0 Å². The first-order chi connectivity index (χ1) is 11.1. The monoisotopic (exact) mass is 314 g/mol. The lowest BCUT2D eigenvalue weighted by molar-refractivity contribution is -0.132. The molecule has 8 heteroatoms. The molecule has 0 fully saturated rings. The van der Waals surface area contributed by atoms with Gasteiger partial charge in [0.15, 0.2) is 0 Å². The minimum absolute atomic E-state index is 0.0571. The Morgan fingerprint density at radius 3 is 2.91 bits per heavy atom. The SMILES string of the molecule is Cc1nc2c(c(=O)[nH]1)CN(C(=O)Cn1nnc3c1CCCC3)C2. The third-order valence-corrected chi connectivity index (χ3v) is 4.54. The molecule has 0 bridgehead atoms. The van der Waals surface area contributed by atoms with E-state index in [1.54, 1.807) is 16.5 Å². The first-order valence-corrected chi connectivity index (χ1v) is 7.89. The van der Waals surface area contributed by atoms with Crippen LogP contribution in [0.5, 0.6) is 0 Å². The molecule has 2 aromatic heterocycles. The quantitative estimate of drug-likeness (QED) is 0.847. The molecular weight excluding hydrogens is 296 g/mol. The van der Waals surface area contributed by atoms with Crippen LogP contribution in [0, 0.1) is 6.92 Å². The molecule has 0 unspecified atom stereocenters. The van der Waals surface area contributed by atoms with Gasteiger partial charge in [-0.05, 0) is 32.6 Å². The van der Waals surface area contributed by atoms with Crippen LogP contribution in [0.4, 0.5) is 0 Å². The number of nitrogens with one attached hydrogen (secondary N) is 1. The van der Waals surface area contributed by atoms with Crippen molar-refractivity contribution in [3.8, 4) is 0 Å². The summed E-state index contributed by atoms with van der Waals surface area (Å²) in [6, 6.07) is 0. The van der Waals surface area contributed by atoms with Gasteiger partial charge in [0.05, 0.1) is 35.7 Å². The molecule has 3 heterocycles. The normalized spacial score (nSPS) is 16.3. The Hall–Kier alpha value is -2.51. The van der Waals surface area contributed by atoms with Crippen LogP contribution >= 0.6 is 0 Å². The molecule has 1 aliphatic heterocycles. The second kappa shape index (κ2) is 5.29. The molecule has 8 nitrogen and oxygen atoms in total. The number of H-pyrrole nitrogens is 1. The van der Waals surface area contributed by atoms with E-state index in [-0.39, 0.29) is 18.0 Å². The van der Waals surface area contributed by atoms with Crippen LogP contribution < -0.4 is 5.56 Å². The summed E-state index contributed by atoms with van der Waals surface area (Å²) in [4.78, 5) is 33.2. The zero-order valence-electron chi connectivity index (χ0n) is 13.0. The van der Waals surface area contributed by atoms with Gasteiger partial charge in [-0.3, -0.25) is 9.59 Å². The lowest BCUT2D eigenvalue weighted by Gasteiger charge is -2.16. The van der Waals surface area contributed by atoms with Crippen molar-refractivity contribution < 1.29 is 4.79 Å². The Balaban J connectivity index is 1.52. The zero-order valence-corrected chi connectivity index (χ0v) is 13.0. The summed E-state index contributed by atoms with van der Waals surface area (Å²) < 4.78 is 1.71. The number of rotatable bonds is 2. The zero-order chi connectivity index (χ0) is 16.0. The van der Waals surface area contributed by atoms with Crippen molar-refractivity contribution in [2.45, 2.75) is 52.2 Å². The molecule has 0 saturated heterocycles. The standard InChI is InChI=1S/C15H18N6O2/c1-9-16-12-7-20(6-10(12)15(23)17-9)14(22)8-21-13-5-3-2-4-11(13)18-19-21/h2-8H2,1H3,(H,16,17,23). The molecule has 2 aliphatic rings. The van der Waals surface area contributed by atoms with E-state index in [0.29, 0.717) is 30.2 Å². The molecule has 2 aromatic rings. The van der Waals surface area contributed by atoms with Gasteiger partial charge in [-0.15, -0.1) is 5.10 Å². The molecule has 0 aromatic carbocycles. The third kappa shape index (κ3) is 2.43. The summed E-state index contributed by atoms with van der Waals surface area (Å²) in [5, 5.41) is 8.30. The van der Waals surface area contributed by atoms with Gasteiger partial charge in [0.2, 0.25) is 5.91 Å². The Kier molecular flexibility index (Phi) is 3.24. The summed E-state index contributed by atoms with van der Waals surface area (Å²) in [5.41, 5.74) is 3.22. The van der Waals surface area contributed by atoms with Gasteiger partial charge < -0.3 is 9.88 Å². The van der Waals surface area contributed by atoms with Crippen LogP contribution in [-0.4, -0.2) is 35.8 Å². The number of aryl methyl sites for hydroxylation is 2. The van der Waals surface area contributed by atoms with Gasteiger partial charge in [0.1, 0.15) is 12.4 Å². The number of aromatic nitrogens is 5. The third-order valence-electron chi connectivity index (χ3n) is 4.54.